The first-order valence-corrected chi connectivity index (χ1v) is 7.11. The van der Waals surface area contributed by atoms with Gasteiger partial charge < -0.3 is 4.42 Å². The fraction of sp³-hybridized carbons (Fsp3) is 0.0526. The molecule has 0 bridgehead atoms. The lowest BCUT2D eigenvalue weighted by Crippen LogP contribution is -2.02. The van der Waals surface area contributed by atoms with Gasteiger partial charge in [-0.1, -0.05) is 17.7 Å². The summed E-state index contributed by atoms with van der Waals surface area (Å²) in [4.78, 5) is 17.1. The summed E-state index contributed by atoms with van der Waals surface area (Å²) in [5, 5.41) is 1.20. The van der Waals surface area contributed by atoms with Gasteiger partial charge in [0.25, 0.3) is 0 Å². The minimum atomic E-state index is -0.00210. The summed E-state index contributed by atoms with van der Waals surface area (Å²) in [5.41, 5.74) is 4.01. The maximum absolute atomic E-state index is 12.7. The summed E-state index contributed by atoms with van der Waals surface area (Å²) in [5.74, 6) is 0. The van der Waals surface area contributed by atoms with Crippen molar-refractivity contribution >= 4 is 21.9 Å². The lowest BCUT2D eigenvalue weighted by molar-refractivity contribution is 0.660. The van der Waals surface area contributed by atoms with Crippen molar-refractivity contribution in [2.45, 2.75) is 6.92 Å². The maximum atomic E-state index is 12.7. The van der Waals surface area contributed by atoms with E-state index in [0.29, 0.717) is 21.9 Å². The number of aromatic nitrogens is 1. The van der Waals surface area contributed by atoms with Gasteiger partial charge in [-0.25, -0.2) is 0 Å². The molecule has 0 fully saturated rings. The molecule has 0 N–H and O–H groups in total. The van der Waals surface area contributed by atoms with Crippen molar-refractivity contribution in [3.05, 3.63) is 76.6 Å². The van der Waals surface area contributed by atoms with Crippen LogP contribution in [0.15, 0.2) is 70.0 Å². The third kappa shape index (κ3) is 1.99. The molecule has 0 saturated heterocycles. The van der Waals surface area contributed by atoms with Crippen LogP contribution in [0.2, 0.25) is 0 Å². The molecular weight excluding hydrogens is 274 g/mol. The van der Waals surface area contributed by atoms with E-state index in [9.17, 15) is 4.79 Å². The molecule has 0 aliphatic heterocycles. The molecule has 2 aromatic heterocycles. The summed E-state index contributed by atoms with van der Waals surface area (Å²) in [6.07, 6.45) is 1.74. The van der Waals surface area contributed by atoms with E-state index in [1.165, 1.54) is 0 Å². The van der Waals surface area contributed by atoms with E-state index in [1.54, 1.807) is 6.20 Å². The average molecular weight is 287 g/mol. The molecule has 2 heterocycles. The van der Waals surface area contributed by atoms with Crippen LogP contribution in [0.1, 0.15) is 5.56 Å². The number of pyridine rings is 1. The first kappa shape index (κ1) is 12.8. The Balaban J connectivity index is 2.05. The lowest BCUT2D eigenvalue weighted by Gasteiger charge is -2.05. The molecule has 3 heteroatoms. The number of rotatable bonds is 1. The molecule has 0 aliphatic carbocycles. The Bertz CT molecular complexity index is 1050. The molecule has 0 spiro atoms. The predicted octanol–water partition coefficient (Wildman–Crippen LogP) is 4.32. The highest BCUT2D eigenvalue weighted by molar-refractivity contribution is 5.91. The topological polar surface area (TPSA) is 43.1 Å². The third-order valence-corrected chi connectivity index (χ3v) is 3.78. The molecule has 106 valence electrons. The molecule has 4 rings (SSSR count). The van der Waals surface area contributed by atoms with Crippen molar-refractivity contribution in [2.24, 2.45) is 0 Å². The second kappa shape index (κ2) is 4.81. The van der Waals surface area contributed by atoms with E-state index in [1.807, 2.05) is 61.5 Å². The quantitative estimate of drug-likeness (QED) is 0.490. The van der Waals surface area contributed by atoms with Gasteiger partial charge in [0.1, 0.15) is 11.2 Å². The summed E-state index contributed by atoms with van der Waals surface area (Å²) < 4.78 is 5.85. The highest BCUT2D eigenvalue weighted by Gasteiger charge is 2.09. The fourth-order valence-corrected chi connectivity index (χ4v) is 2.66. The minimum absolute atomic E-state index is 0.00210. The van der Waals surface area contributed by atoms with Gasteiger partial charge in [-0.15, -0.1) is 0 Å². The second-order valence-electron chi connectivity index (χ2n) is 5.36. The van der Waals surface area contributed by atoms with Crippen molar-refractivity contribution in [2.75, 3.05) is 0 Å². The second-order valence-corrected chi connectivity index (χ2v) is 5.36. The lowest BCUT2D eigenvalue weighted by atomic mass is 10.1. The molecule has 0 aliphatic rings. The van der Waals surface area contributed by atoms with Gasteiger partial charge in [0.05, 0.1) is 16.5 Å². The molecule has 0 radical (unpaired) electrons. The van der Waals surface area contributed by atoms with Gasteiger partial charge in [0, 0.05) is 11.8 Å². The van der Waals surface area contributed by atoms with Crippen LogP contribution in [0.4, 0.5) is 0 Å². The number of aryl methyl sites for hydroxylation is 1. The van der Waals surface area contributed by atoms with E-state index in [2.05, 4.69) is 4.98 Å². The highest BCUT2D eigenvalue weighted by Crippen LogP contribution is 2.24. The van der Waals surface area contributed by atoms with Crippen LogP contribution in [0.25, 0.3) is 33.2 Å². The van der Waals surface area contributed by atoms with Crippen molar-refractivity contribution in [3.63, 3.8) is 0 Å². The summed E-state index contributed by atoms with van der Waals surface area (Å²) in [7, 11) is 0. The molecule has 0 amide bonds. The van der Waals surface area contributed by atoms with Crippen LogP contribution in [0, 0.1) is 6.92 Å². The van der Waals surface area contributed by atoms with E-state index in [4.69, 9.17) is 4.42 Å². The Morgan fingerprint density at radius 2 is 1.68 bits per heavy atom. The number of fused-ring (bicyclic) bond motifs is 2. The number of hydrogen-bond acceptors (Lipinski definition) is 3. The zero-order valence-corrected chi connectivity index (χ0v) is 12.0. The summed E-state index contributed by atoms with van der Waals surface area (Å²) in [6, 6.07) is 17.0. The largest absolute Gasteiger partial charge is 0.456 e. The standard InChI is InChI=1S/C19H13NO2/c1-12-5-7-17-14(10-12)19(21)15-11-13(6-8-18(15)22-17)16-4-2-3-9-20-16/h2-11H,1H3. The van der Waals surface area contributed by atoms with Crippen LogP contribution in [0.5, 0.6) is 0 Å². The van der Waals surface area contributed by atoms with Crippen molar-refractivity contribution in [1.29, 1.82) is 0 Å². The molecule has 3 nitrogen and oxygen atoms in total. The van der Waals surface area contributed by atoms with E-state index >= 15 is 0 Å². The Hall–Kier alpha value is -2.94. The molecule has 0 saturated carbocycles. The maximum Gasteiger partial charge on any atom is 0.200 e. The Kier molecular flexibility index (Phi) is 2.79. The summed E-state index contributed by atoms with van der Waals surface area (Å²) >= 11 is 0. The average Bonchev–Trinajstić information content (AvgIpc) is 2.56. The van der Waals surface area contributed by atoms with Crippen LogP contribution in [-0.2, 0) is 0 Å². The minimum Gasteiger partial charge on any atom is -0.456 e. The van der Waals surface area contributed by atoms with Gasteiger partial charge in [0.2, 0.25) is 5.43 Å². The number of nitrogens with zero attached hydrogens (tertiary/aromatic N) is 1. The molecular formula is C19H13NO2. The van der Waals surface area contributed by atoms with Crippen LogP contribution in [0.3, 0.4) is 0 Å². The first-order valence-electron chi connectivity index (χ1n) is 7.11. The molecule has 0 atom stereocenters. The van der Waals surface area contributed by atoms with Gasteiger partial charge in [-0.05, 0) is 49.4 Å². The Morgan fingerprint density at radius 3 is 2.45 bits per heavy atom. The molecule has 22 heavy (non-hydrogen) atoms. The first-order chi connectivity index (χ1) is 10.7. The van der Waals surface area contributed by atoms with Crippen LogP contribution in [-0.4, -0.2) is 4.98 Å². The van der Waals surface area contributed by atoms with Gasteiger partial charge in [0.15, 0.2) is 0 Å². The predicted molar refractivity (Wildman–Crippen MR) is 88.0 cm³/mol. The summed E-state index contributed by atoms with van der Waals surface area (Å²) in [6.45, 7) is 1.97. The van der Waals surface area contributed by atoms with Crippen molar-refractivity contribution in [1.82, 2.24) is 4.98 Å². The van der Waals surface area contributed by atoms with Gasteiger partial charge in [-0.2, -0.15) is 0 Å². The molecule has 4 aromatic rings. The highest BCUT2D eigenvalue weighted by atomic mass is 16.3. The van der Waals surface area contributed by atoms with Gasteiger partial charge in [-0.3, -0.25) is 9.78 Å². The smallest absolute Gasteiger partial charge is 0.200 e. The van der Waals surface area contributed by atoms with Gasteiger partial charge >= 0.3 is 0 Å². The molecule has 2 aromatic carbocycles. The van der Waals surface area contributed by atoms with E-state index in [0.717, 1.165) is 16.8 Å². The molecule has 0 unspecified atom stereocenters. The number of benzene rings is 2. The zero-order valence-electron chi connectivity index (χ0n) is 12.0. The van der Waals surface area contributed by atoms with Crippen LogP contribution < -0.4 is 5.43 Å². The van der Waals surface area contributed by atoms with Crippen molar-refractivity contribution in [3.8, 4) is 11.3 Å². The Morgan fingerprint density at radius 1 is 0.909 bits per heavy atom. The normalized spacial score (nSPS) is 11.1. The SMILES string of the molecule is Cc1ccc2oc3ccc(-c4ccccn4)cc3c(=O)c2c1. The zero-order chi connectivity index (χ0) is 15.1. The van der Waals surface area contributed by atoms with Crippen LogP contribution >= 0.6 is 0 Å². The van der Waals surface area contributed by atoms with E-state index in [-0.39, 0.29) is 5.43 Å². The third-order valence-electron chi connectivity index (χ3n) is 3.78. The monoisotopic (exact) mass is 287 g/mol. The Labute approximate surface area is 126 Å². The van der Waals surface area contributed by atoms with Crippen molar-refractivity contribution < 1.29 is 4.42 Å². The number of hydrogen-bond donors (Lipinski definition) is 0. The fourth-order valence-electron chi connectivity index (χ4n) is 2.66. The van der Waals surface area contributed by atoms with E-state index < -0.39 is 0 Å².